The maximum absolute atomic E-state index is 13.5. The molecule has 0 fully saturated rings. The van der Waals surface area contributed by atoms with Gasteiger partial charge in [-0.05, 0) is 47.3 Å². The average molecular weight is 346 g/mol. The van der Waals surface area contributed by atoms with Gasteiger partial charge in [0.15, 0.2) is 11.6 Å². The second-order valence-electron chi connectivity index (χ2n) is 4.46. The van der Waals surface area contributed by atoms with E-state index < -0.39 is 17.7 Å². The first-order chi connectivity index (χ1) is 9.08. The molecule has 0 saturated carbocycles. The highest BCUT2D eigenvalue weighted by atomic mass is 79.9. The van der Waals surface area contributed by atoms with E-state index in [9.17, 15) is 13.9 Å². The number of nitrogens with zero attached hydrogens (tertiary/aromatic N) is 1. The molecule has 0 bridgehead atoms. The minimum absolute atomic E-state index is 0.0769. The summed E-state index contributed by atoms with van der Waals surface area (Å²) in [5.74, 6) is -1.80. The summed E-state index contributed by atoms with van der Waals surface area (Å²) in [6.07, 6.45) is 1.97. The molecule has 1 atom stereocenters. The normalized spacial score (nSPS) is 18.4. The Balaban J connectivity index is 2.11. The molecular formula is C13H10BrF2NOS. The van der Waals surface area contributed by atoms with Crippen LogP contribution in [0.25, 0.3) is 10.6 Å². The van der Waals surface area contributed by atoms with Crippen LogP contribution in [0.3, 0.4) is 0 Å². The van der Waals surface area contributed by atoms with E-state index >= 15 is 0 Å². The van der Waals surface area contributed by atoms with Crippen molar-refractivity contribution in [2.75, 3.05) is 0 Å². The van der Waals surface area contributed by atoms with Crippen LogP contribution in [0, 0.1) is 11.6 Å². The lowest BCUT2D eigenvalue weighted by Crippen LogP contribution is -2.07. The number of aliphatic hydroxyl groups is 1. The number of benzene rings is 1. The van der Waals surface area contributed by atoms with Crippen LogP contribution in [0.5, 0.6) is 0 Å². The van der Waals surface area contributed by atoms with E-state index in [0.29, 0.717) is 22.7 Å². The molecule has 0 aliphatic heterocycles. The Bertz CT molecular complexity index is 644. The molecule has 1 N–H and O–H groups in total. The van der Waals surface area contributed by atoms with Crippen LogP contribution >= 0.6 is 27.3 Å². The summed E-state index contributed by atoms with van der Waals surface area (Å²) in [7, 11) is 0. The van der Waals surface area contributed by atoms with Crippen molar-refractivity contribution in [1.29, 1.82) is 0 Å². The van der Waals surface area contributed by atoms with Crippen LogP contribution in [0.1, 0.15) is 29.5 Å². The maximum atomic E-state index is 13.5. The minimum atomic E-state index is -0.911. The van der Waals surface area contributed by atoms with Gasteiger partial charge in [-0.3, -0.25) is 0 Å². The number of thiazole rings is 1. The molecule has 0 amide bonds. The van der Waals surface area contributed by atoms with Crippen molar-refractivity contribution in [3.63, 3.8) is 0 Å². The topological polar surface area (TPSA) is 33.1 Å². The van der Waals surface area contributed by atoms with Crippen molar-refractivity contribution in [2.45, 2.75) is 25.4 Å². The molecule has 1 aromatic heterocycles. The third-order valence-corrected chi connectivity index (χ3v) is 5.13. The highest BCUT2D eigenvalue weighted by molar-refractivity contribution is 9.10. The smallest absolute Gasteiger partial charge is 0.173 e. The Labute approximate surface area is 121 Å². The first kappa shape index (κ1) is 13.1. The third-order valence-electron chi connectivity index (χ3n) is 3.19. The summed E-state index contributed by atoms with van der Waals surface area (Å²) >= 11 is 4.50. The van der Waals surface area contributed by atoms with Crippen molar-refractivity contribution in [1.82, 2.24) is 4.98 Å². The number of halogens is 3. The van der Waals surface area contributed by atoms with Crippen LogP contribution in [0.2, 0.25) is 0 Å². The average Bonchev–Trinajstić information content (AvgIpc) is 2.81. The summed E-state index contributed by atoms with van der Waals surface area (Å²) in [5.41, 5.74) is 1.20. The van der Waals surface area contributed by atoms with Crippen molar-refractivity contribution in [3.05, 3.63) is 38.8 Å². The molecule has 6 heteroatoms. The molecule has 3 rings (SSSR count). The van der Waals surface area contributed by atoms with Gasteiger partial charge in [0.05, 0.1) is 16.3 Å². The Morgan fingerprint density at radius 3 is 2.89 bits per heavy atom. The minimum Gasteiger partial charge on any atom is -0.387 e. The lowest BCUT2D eigenvalue weighted by molar-refractivity contribution is 0.153. The third kappa shape index (κ3) is 2.22. The van der Waals surface area contributed by atoms with Gasteiger partial charge in [-0.15, -0.1) is 11.3 Å². The van der Waals surface area contributed by atoms with E-state index in [0.717, 1.165) is 23.8 Å². The van der Waals surface area contributed by atoms with Gasteiger partial charge < -0.3 is 5.11 Å². The monoisotopic (exact) mass is 345 g/mol. The van der Waals surface area contributed by atoms with Gasteiger partial charge in [0, 0.05) is 10.4 Å². The van der Waals surface area contributed by atoms with E-state index in [4.69, 9.17) is 0 Å². The molecule has 1 aliphatic rings. The number of hydrogen-bond donors (Lipinski definition) is 1. The first-order valence-electron chi connectivity index (χ1n) is 5.89. The number of aliphatic hydroxyl groups excluding tert-OH is 1. The molecule has 1 heterocycles. The molecule has 1 unspecified atom stereocenters. The molecule has 1 aliphatic carbocycles. The lowest BCUT2D eigenvalue weighted by atomic mass is 10.0. The first-order valence-corrected chi connectivity index (χ1v) is 7.50. The number of aryl methyl sites for hydroxylation is 1. The zero-order valence-corrected chi connectivity index (χ0v) is 12.2. The van der Waals surface area contributed by atoms with E-state index in [1.807, 2.05) is 0 Å². The van der Waals surface area contributed by atoms with Crippen LogP contribution in [0.4, 0.5) is 8.78 Å². The van der Waals surface area contributed by atoms with E-state index in [1.165, 1.54) is 17.4 Å². The second kappa shape index (κ2) is 4.92. The summed E-state index contributed by atoms with van der Waals surface area (Å²) < 4.78 is 26.7. The van der Waals surface area contributed by atoms with E-state index in [1.54, 1.807) is 0 Å². The Morgan fingerprint density at radius 2 is 2.16 bits per heavy atom. The summed E-state index contributed by atoms with van der Waals surface area (Å²) in [6.45, 7) is 0. The van der Waals surface area contributed by atoms with Crippen molar-refractivity contribution in [3.8, 4) is 10.6 Å². The summed E-state index contributed by atoms with van der Waals surface area (Å²) in [5, 5.41) is 10.5. The Kier molecular flexibility index (Phi) is 3.41. The highest BCUT2D eigenvalue weighted by Gasteiger charge is 2.24. The molecule has 0 spiro atoms. The van der Waals surface area contributed by atoms with Crippen LogP contribution in [-0.4, -0.2) is 10.1 Å². The van der Waals surface area contributed by atoms with Gasteiger partial charge in [-0.25, -0.2) is 13.8 Å². The molecule has 0 saturated heterocycles. The zero-order valence-electron chi connectivity index (χ0n) is 9.79. The Morgan fingerprint density at radius 1 is 1.37 bits per heavy atom. The molecule has 2 aromatic rings. The molecule has 0 radical (unpaired) electrons. The van der Waals surface area contributed by atoms with Crippen LogP contribution in [-0.2, 0) is 6.42 Å². The molecule has 2 nitrogen and oxygen atoms in total. The van der Waals surface area contributed by atoms with Crippen LogP contribution in [0.15, 0.2) is 16.6 Å². The van der Waals surface area contributed by atoms with Crippen molar-refractivity contribution >= 4 is 27.3 Å². The van der Waals surface area contributed by atoms with Crippen LogP contribution < -0.4 is 0 Å². The molecule has 100 valence electrons. The second-order valence-corrected chi connectivity index (χ2v) is 6.33. The molecular weight excluding hydrogens is 336 g/mol. The fourth-order valence-electron chi connectivity index (χ4n) is 2.20. The predicted molar refractivity (Wildman–Crippen MR) is 73.1 cm³/mol. The standard InChI is InChI=1S/C13H10BrF2NOS/c14-10-6(4-5-7(15)11(10)16)13-17-12-8(18)2-1-3-9(12)19-13/h4-5,8,18H,1-3H2. The number of rotatable bonds is 1. The van der Waals surface area contributed by atoms with Gasteiger partial charge in [-0.2, -0.15) is 0 Å². The van der Waals surface area contributed by atoms with Gasteiger partial charge in [0.2, 0.25) is 0 Å². The fourth-order valence-corrected chi connectivity index (χ4v) is 4.03. The quantitative estimate of drug-likeness (QED) is 0.785. The summed E-state index contributed by atoms with van der Waals surface area (Å²) in [6, 6.07) is 2.59. The molecule has 1 aromatic carbocycles. The van der Waals surface area contributed by atoms with Gasteiger partial charge in [0.1, 0.15) is 5.01 Å². The van der Waals surface area contributed by atoms with E-state index in [2.05, 4.69) is 20.9 Å². The van der Waals surface area contributed by atoms with Gasteiger partial charge in [-0.1, -0.05) is 0 Å². The van der Waals surface area contributed by atoms with Gasteiger partial charge in [0.25, 0.3) is 0 Å². The SMILES string of the molecule is OC1CCCc2sc(-c3ccc(F)c(F)c3Br)nc21. The molecule has 19 heavy (non-hydrogen) atoms. The largest absolute Gasteiger partial charge is 0.387 e. The van der Waals surface area contributed by atoms with Crippen molar-refractivity contribution < 1.29 is 13.9 Å². The lowest BCUT2D eigenvalue weighted by Gasteiger charge is -2.14. The van der Waals surface area contributed by atoms with Gasteiger partial charge >= 0.3 is 0 Å². The maximum Gasteiger partial charge on any atom is 0.173 e. The Hall–Kier alpha value is -0.850. The van der Waals surface area contributed by atoms with Crippen molar-refractivity contribution in [2.24, 2.45) is 0 Å². The number of fused-ring (bicyclic) bond motifs is 1. The fraction of sp³-hybridized carbons (Fsp3) is 0.308. The van der Waals surface area contributed by atoms with E-state index in [-0.39, 0.29) is 4.47 Å². The summed E-state index contributed by atoms with van der Waals surface area (Å²) in [4.78, 5) is 5.42. The predicted octanol–water partition coefficient (Wildman–Crippen LogP) is 4.22. The highest BCUT2D eigenvalue weighted by Crippen LogP contribution is 2.40. The number of aromatic nitrogens is 1. The number of hydrogen-bond acceptors (Lipinski definition) is 3. The zero-order chi connectivity index (χ0) is 13.6.